The lowest BCUT2D eigenvalue weighted by atomic mass is 10.2. The maximum absolute atomic E-state index is 11.1. The summed E-state index contributed by atoms with van der Waals surface area (Å²) < 4.78 is 15.3. The number of carbonyl (C=O) groups excluding carboxylic acids is 1. The van der Waals surface area contributed by atoms with Crippen molar-refractivity contribution in [2.24, 2.45) is 5.92 Å². The van der Waals surface area contributed by atoms with E-state index in [1.165, 1.54) is 7.11 Å². The predicted octanol–water partition coefficient (Wildman–Crippen LogP) is 0.309. The van der Waals surface area contributed by atoms with Crippen molar-refractivity contribution in [3.63, 3.8) is 0 Å². The Morgan fingerprint density at radius 1 is 1.47 bits per heavy atom. The van der Waals surface area contributed by atoms with E-state index in [-0.39, 0.29) is 5.92 Å². The van der Waals surface area contributed by atoms with Gasteiger partial charge in [-0.25, -0.2) is 4.79 Å². The normalized spacial score (nSPS) is 24.7. The zero-order valence-electron chi connectivity index (χ0n) is 9.36. The van der Waals surface area contributed by atoms with Gasteiger partial charge in [-0.15, -0.1) is 0 Å². The molecule has 0 saturated heterocycles. The van der Waals surface area contributed by atoms with Crippen LogP contribution in [0.5, 0.6) is 0 Å². The Labute approximate surface area is 89.3 Å². The number of methoxy groups -OCH3 is 1. The van der Waals surface area contributed by atoms with Crippen molar-refractivity contribution in [1.82, 2.24) is 0 Å². The number of aliphatic hydroxyl groups is 1. The minimum atomic E-state index is -1.16. The van der Waals surface area contributed by atoms with Crippen LogP contribution in [-0.2, 0) is 19.0 Å². The number of esters is 1. The molecule has 5 nitrogen and oxygen atoms in total. The number of aliphatic hydroxyl groups excluding tert-OH is 1. The molecule has 0 spiro atoms. The summed E-state index contributed by atoms with van der Waals surface area (Å²) in [6, 6.07) is 0. The second kappa shape index (κ2) is 4.92. The number of rotatable bonds is 6. The quantitative estimate of drug-likeness (QED) is 0.513. The summed E-state index contributed by atoms with van der Waals surface area (Å²) in [5, 5.41) is 9.61. The van der Waals surface area contributed by atoms with Crippen LogP contribution in [0.3, 0.4) is 0 Å². The molecule has 2 atom stereocenters. The van der Waals surface area contributed by atoms with E-state index >= 15 is 0 Å². The third kappa shape index (κ3) is 2.48. The van der Waals surface area contributed by atoms with Crippen molar-refractivity contribution in [3.05, 3.63) is 0 Å². The van der Waals surface area contributed by atoms with Crippen LogP contribution in [0.4, 0.5) is 0 Å². The highest BCUT2D eigenvalue weighted by molar-refractivity contribution is 5.75. The van der Waals surface area contributed by atoms with E-state index in [2.05, 4.69) is 4.74 Å². The molecule has 2 unspecified atom stereocenters. The summed E-state index contributed by atoms with van der Waals surface area (Å²) in [5.74, 6) is -1.73. The SMILES string of the molecule is CCOC1(OCC)CC1C(O)C(=O)OC. The Morgan fingerprint density at radius 2 is 2.00 bits per heavy atom. The summed E-state index contributed by atoms with van der Waals surface area (Å²) >= 11 is 0. The van der Waals surface area contributed by atoms with Gasteiger partial charge in [0, 0.05) is 19.6 Å². The summed E-state index contributed by atoms with van der Waals surface area (Å²) in [6.07, 6.45) is -0.626. The van der Waals surface area contributed by atoms with Gasteiger partial charge in [0.1, 0.15) is 0 Å². The summed E-state index contributed by atoms with van der Waals surface area (Å²) in [6.45, 7) is 4.68. The van der Waals surface area contributed by atoms with E-state index < -0.39 is 17.9 Å². The second-order valence-corrected chi connectivity index (χ2v) is 3.46. The van der Waals surface area contributed by atoms with Gasteiger partial charge >= 0.3 is 5.97 Å². The lowest BCUT2D eigenvalue weighted by Gasteiger charge is -2.19. The Bertz CT molecular complexity index is 222. The molecule has 1 fully saturated rings. The minimum absolute atomic E-state index is 0.315. The molecule has 1 aliphatic rings. The highest BCUT2D eigenvalue weighted by Gasteiger charge is 2.62. The summed E-state index contributed by atoms with van der Waals surface area (Å²) in [7, 11) is 1.25. The molecule has 0 aliphatic heterocycles. The van der Waals surface area contributed by atoms with Crippen LogP contribution in [0.15, 0.2) is 0 Å². The predicted molar refractivity (Wildman–Crippen MR) is 52.1 cm³/mol. The van der Waals surface area contributed by atoms with Crippen molar-refractivity contribution < 1.29 is 24.1 Å². The van der Waals surface area contributed by atoms with E-state index in [1.54, 1.807) is 0 Å². The maximum Gasteiger partial charge on any atom is 0.335 e. The molecule has 1 rings (SSSR count). The molecule has 0 bridgehead atoms. The number of hydrogen-bond donors (Lipinski definition) is 1. The molecule has 15 heavy (non-hydrogen) atoms. The van der Waals surface area contributed by atoms with Gasteiger partial charge in [-0.1, -0.05) is 0 Å². The van der Waals surface area contributed by atoms with Crippen molar-refractivity contribution in [2.45, 2.75) is 32.2 Å². The molecule has 1 saturated carbocycles. The topological polar surface area (TPSA) is 65.0 Å². The Hall–Kier alpha value is -0.650. The third-order valence-electron chi connectivity index (χ3n) is 2.51. The first kappa shape index (κ1) is 12.4. The average Bonchev–Trinajstić information content (AvgIpc) is 2.91. The van der Waals surface area contributed by atoms with Crippen LogP contribution in [-0.4, -0.2) is 43.3 Å². The molecule has 1 N–H and O–H groups in total. The number of hydrogen-bond acceptors (Lipinski definition) is 5. The molecule has 1 aliphatic carbocycles. The third-order valence-corrected chi connectivity index (χ3v) is 2.51. The minimum Gasteiger partial charge on any atom is -0.467 e. The molecule has 5 heteroatoms. The molecule has 0 amide bonds. The Morgan fingerprint density at radius 3 is 2.40 bits per heavy atom. The number of carbonyl (C=O) groups is 1. The standard InChI is InChI=1S/C10H18O5/c1-4-14-10(15-5-2)6-7(10)8(11)9(12)13-3/h7-8,11H,4-6H2,1-3H3. The van der Waals surface area contributed by atoms with Crippen LogP contribution < -0.4 is 0 Å². The fourth-order valence-corrected chi connectivity index (χ4v) is 1.75. The van der Waals surface area contributed by atoms with Crippen molar-refractivity contribution in [1.29, 1.82) is 0 Å². The van der Waals surface area contributed by atoms with Gasteiger partial charge in [-0.3, -0.25) is 0 Å². The second-order valence-electron chi connectivity index (χ2n) is 3.46. The molecule has 0 aromatic carbocycles. The van der Waals surface area contributed by atoms with Crippen LogP contribution >= 0.6 is 0 Å². The Kier molecular flexibility index (Phi) is 4.07. The zero-order valence-corrected chi connectivity index (χ0v) is 9.36. The molecular weight excluding hydrogens is 200 g/mol. The van der Waals surface area contributed by atoms with Gasteiger partial charge in [0.25, 0.3) is 0 Å². The maximum atomic E-state index is 11.1. The molecule has 0 aromatic rings. The zero-order chi connectivity index (χ0) is 11.5. The largest absolute Gasteiger partial charge is 0.467 e. The van der Waals surface area contributed by atoms with Crippen LogP contribution in [0.1, 0.15) is 20.3 Å². The van der Waals surface area contributed by atoms with Gasteiger partial charge in [0.2, 0.25) is 0 Å². The molecule has 88 valence electrons. The molecule has 0 heterocycles. The van der Waals surface area contributed by atoms with Crippen molar-refractivity contribution >= 4 is 5.97 Å². The number of ether oxygens (including phenoxy) is 3. The van der Waals surface area contributed by atoms with Gasteiger partial charge in [-0.2, -0.15) is 0 Å². The van der Waals surface area contributed by atoms with Gasteiger partial charge in [0.15, 0.2) is 11.9 Å². The molecule has 0 aromatic heterocycles. The van der Waals surface area contributed by atoms with E-state index in [0.717, 1.165) is 0 Å². The fraction of sp³-hybridized carbons (Fsp3) is 0.900. The van der Waals surface area contributed by atoms with Crippen LogP contribution in [0.25, 0.3) is 0 Å². The summed E-state index contributed by atoms with van der Waals surface area (Å²) in [5.41, 5.74) is 0. The average molecular weight is 218 g/mol. The lowest BCUT2D eigenvalue weighted by Crippen LogP contribution is -2.32. The monoisotopic (exact) mass is 218 g/mol. The first-order valence-electron chi connectivity index (χ1n) is 5.15. The lowest BCUT2D eigenvalue weighted by molar-refractivity contribution is -0.185. The highest BCUT2D eigenvalue weighted by Crippen LogP contribution is 2.50. The highest BCUT2D eigenvalue weighted by atomic mass is 16.7. The Balaban J connectivity index is 2.56. The van der Waals surface area contributed by atoms with Gasteiger partial charge in [0.05, 0.1) is 13.0 Å². The van der Waals surface area contributed by atoms with Crippen LogP contribution in [0.2, 0.25) is 0 Å². The van der Waals surface area contributed by atoms with Gasteiger partial charge in [-0.05, 0) is 13.8 Å². The van der Waals surface area contributed by atoms with Crippen LogP contribution in [0, 0.1) is 5.92 Å². The van der Waals surface area contributed by atoms with E-state index in [4.69, 9.17) is 9.47 Å². The first-order valence-corrected chi connectivity index (χ1v) is 5.15. The van der Waals surface area contributed by atoms with Crippen molar-refractivity contribution in [2.75, 3.05) is 20.3 Å². The van der Waals surface area contributed by atoms with E-state index in [1.807, 2.05) is 13.8 Å². The van der Waals surface area contributed by atoms with Crippen molar-refractivity contribution in [3.8, 4) is 0 Å². The summed E-state index contributed by atoms with van der Waals surface area (Å²) in [4.78, 5) is 11.1. The van der Waals surface area contributed by atoms with Gasteiger partial charge < -0.3 is 19.3 Å². The van der Waals surface area contributed by atoms with E-state index in [0.29, 0.717) is 19.6 Å². The fourth-order valence-electron chi connectivity index (χ4n) is 1.75. The first-order chi connectivity index (χ1) is 7.11. The smallest absolute Gasteiger partial charge is 0.335 e. The molecule has 0 radical (unpaired) electrons. The van der Waals surface area contributed by atoms with E-state index in [9.17, 15) is 9.90 Å². The molecular formula is C10H18O5.